The maximum absolute atomic E-state index is 11.9. The van der Waals surface area contributed by atoms with Gasteiger partial charge in [-0.15, -0.1) is 0 Å². The molecular formula is C14H20N2O4. The molecule has 0 saturated heterocycles. The summed E-state index contributed by atoms with van der Waals surface area (Å²) >= 11 is 0. The molecule has 0 fully saturated rings. The Morgan fingerprint density at radius 2 is 2.10 bits per heavy atom. The number of nitrogens with two attached hydrogens (primary N) is 1. The van der Waals surface area contributed by atoms with E-state index in [0.717, 1.165) is 0 Å². The predicted octanol–water partition coefficient (Wildman–Crippen LogP) is 1.46. The number of benzene rings is 1. The van der Waals surface area contributed by atoms with E-state index in [1.54, 1.807) is 24.3 Å². The van der Waals surface area contributed by atoms with Crippen molar-refractivity contribution in [2.24, 2.45) is 11.7 Å². The van der Waals surface area contributed by atoms with E-state index in [0.29, 0.717) is 23.8 Å². The first-order chi connectivity index (χ1) is 9.38. The largest absolute Gasteiger partial charge is 0.482 e. The minimum absolute atomic E-state index is 0.269. The Bertz CT molecular complexity index is 474. The van der Waals surface area contributed by atoms with Gasteiger partial charge < -0.3 is 20.9 Å². The average Bonchev–Trinajstić information content (AvgIpc) is 2.36. The average molecular weight is 280 g/mol. The Kier molecular flexibility index (Phi) is 5.99. The summed E-state index contributed by atoms with van der Waals surface area (Å²) in [5, 5.41) is 11.2. The van der Waals surface area contributed by atoms with Crippen molar-refractivity contribution in [3.63, 3.8) is 0 Å². The fraction of sp³-hybridized carbons (Fsp3) is 0.429. The standard InChI is InChI=1S/C14H20N2O4/c1-9(2)6-12(15)14(19)16-10-4-3-5-11(7-10)20-8-13(17)18/h3-5,7,9,12H,6,8,15H2,1-2H3,(H,16,19)(H,17,18)/t12-/m0/s1. The van der Waals surface area contributed by atoms with Crippen molar-refractivity contribution in [3.8, 4) is 5.75 Å². The van der Waals surface area contributed by atoms with Gasteiger partial charge in [-0.05, 0) is 24.5 Å². The van der Waals surface area contributed by atoms with E-state index >= 15 is 0 Å². The van der Waals surface area contributed by atoms with Crippen LogP contribution in [0.5, 0.6) is 5.75 Å². The SMILES string of the molecule is CC(C)C[C@H](N)C(=O)Nc1cccc(OCC(=O)O)c1. The number of carbonyl (C=O) groups excluding carboxylic acids is 1. The second-order valence-corrected chi connectivity index (χ2v) is 4.94. The Balaban J connectivity index is 2.61. The van der Waals surface area contributed by atoms with Crippen molar-refractivity contribution in [1.82, 2.24) is 0 Å². The van der Waals surface area contributed by atoms with Gasteiger partial charge in [0.1, 0.15) is 5.75 Å². The summed E-state index contributed by atoms with van der Waals surface area (Å²) in [5.41, 5.74) is 6.31. The summed E-state index contributed by atoms with van der Waals surface area (Å²) < 4.78 is 5.03. The van der Waals surface area contributed by atoms with Crippen LogP contribution < -0.4 is 15.8 Å². The number of hydrogen-bond donors (Lipinski definition) is 3. The highest BCUT2D eigenvalue weighted by Crippen LogP contribution is 2.17. The molecule has 0 aliphatic rings. The number of anilines is 1. The minimum atomic E-state index is -1.06. The molecule has 1 atom stereocenters. The van der Waals surface area contributed by atoms with Gasteiger partial charge >= 0.3 is 5.97 Å². The van der Waals surface area contributed by atoms with Crippen molar-refractivity contribution in [1.29, 1.82) is 0 Å². The van der Waals surface area contributed by atoms with Crippen LogP contribution in [0.1, 0.15) is 20.3 Å². The van der Waals surface area contributed by atoms with E-state index in [4.69, 9.17) is 15.6 Å². The quantitative estimate of drug-likeness (QED) is 0.702. The number of carboxylic acid groups (broad SMARTS) is 1. The molecule has 0 spiro atoms. The highest BCUT2D eigenvalue weighted by molar-refractivity contribution is 5.94. The molecule has 0 aromatic heterocycles. The summed E-state index contributed by atoms with van der Waals surface area (Å²) in [7, 11) is 0. The molecule has 0 aliphatic carbocycles. The number of rotatable bonds is 7. The second kappa shape index (κ2) is 7.49. The van der Waals surface area contributed by atoms with Gasteiger partial charge in [0.2, 0.25) is 5.91 Å². The summed E-state index contributed by atoms with van der Waals surface area (Å²) in [6, 6.07) is 5.96. The second-order valence-electron chi connectivity index (χ2n) is 4.94. The van der Waals surface area contributed by atoms with Gasteiger partial charge in [0.15, 0.2) is 6.61 Å². The topological polar surface area (TPSA) is 102 Å². The molecule has 0 unspecified atom stereocenters. The van der Waals surface area contributed by atoms with Crippen LogP contribution in [0, 0.1) is 5.92 Å². The molecule has 1 rings (SSSR count). The van der Waals surface area contributed by atoms with Gasteiger partial charge in [0, 0.05) is 11.8 Å². The molecule has 0 heterocycles. The van der Waals surface area contributed by atoms with Crippen LogP contribution in [0.2, 0.25) is 0 Å². The van der Waals surface area contributed by atoms with Crippen molar-refractivity contribution in [2.75, 3.05) is 11.9 Å². The van der Waals surface area contributed by atoms with E-state index in [2.05, 4.69) is 5.32 Å². The van der Waals surface area contributed by atoms with Crippen LogP contribution in [-0.4, -0.2) is 29.6 Å². The lowest BCUT2D eigenvalue weighted by molar-refractivity contribution is -0.139. The lowest BCUT2D eigenvalue weighted by Crippen LogP contribution is -2.36. The van der Waals surface area contributed by atoms with Crippen molar-refractivity contribution < 1.29 is 19.4 Å². The van der Waals surface area contributed by atoms with Crippen molar-refractivity contribution in [2.45, 2.75) is 26.3 Å². The summed E-state index contributed by atoms with van der Waals surface area (Å²) in [5.74, 6) is -0.615. The molecule has 6 heteroatoms. The summed E-state index contributed by atoms with van der Waals surface area (Å²) in [6.07, 6.45) is 0.598. The Labute approximate surface area is 117 Å². The molecule has 0 radical (unpaired) electrons. The van der Waals surface area contributed by atoms with E-state index < -0.39 is 18.6 Å². The van der Waals surface area contributed by atoms with Crippen LogP contribution in [0.25, 0.3) is 0 Å². The van der Waals surface area contributed by atoms with Crippen LogP contribution >= 0.6 is 0 Å². The number of nitrogens with one attached hydrogen (secondary N) is 1. The lowest BCUT2D eigenvalue weighted by atomic mass is 10.0. The molecule has 0 saturated carbocycles. The van der Waals surface area contributed by atoms with Crippen LogP contribution in [0.3, 0.4) is 0 Å². The zero-order valence-electron chi connectivity index (χ0n) is 11.6. The number of aliphatic carboxylic acids is 1. The first-order valence-corrected chi connectivity index (χ1v) is 6.39. The third kappa shape index (κ3) is 5.71. The third-order valence-corrected chi connectivity index (χ3v) is 2.53. The maximum atomic E-state index is 11.9. The molecule has 0 aliphatic heterocycles. The summed E-state index contributed by atoms with van der Waals surface area (Å²) in [4.78, 5) is 22.3. The molecule has 1 amide bonds. The molecule has 20 heavy (non-hydrogen) atoms. The highest BCUT2D eigenvalue weighted by Gasteiger charge is 2.15. The number of hydrogen-bond acceptors (Lipinski definition) is 4. The highest BCUT2D eigenvalue weighted by atomic mass is 16.5. The zero-order valence-corrected chi connectivity index (χ0v) is 11.6. The predicted molar refractivity (Wildman–Crippen MR) is 75.6 cm³/mol. The van der Waals surface area contributed by atoms with Gasteiger partial charge in [-0.1, -0.05) is 19.9 Å². The van der Waals surface area contributed by atoms with Gasteiger partial charge in [-0.3, -0.25) is 4.79 Å². The van der Waals surface area contributed by atoms with E-state index in [9.17, 15) is 9.59 Å². The number of carboxylic acids is 1. The Morgan fingerprint density at radius 3 is 2.70 bits per heavy atom. The maximum Gasteiger partial charge on any atom is 0.341 e. The van der Waals surface area contributed by atoms with Crippen LogP contribution in [0.15, 0.2) is 24.3 Å². The molecule has 1 aromatic carbocycles. The first kappa shape index (κ1) is 16.0. The number of amides is 1. The lowest BCUT2D eigenvalue weighted by Gasteiger charge is -2.14. The van der Waals surface area contributed by atoms with Crippen LogP contribution in [0.4, 0.5) is 5.69 Å². The van der Waals surface area contributed by atoms with Crippen molar-refractivity contribution in [3.05, 3.63) is 24.3 Å². The molecule has 6 nitrogen and oxygen atoms in total. The van der Waals surface area contributed by atoms with Gasteiger partial charge in [0.25, 0.3) is 0 Å². The molecule has 4 N–H and O–H groups in total. The van der Waals surface area contributed by atoms with Gasteiger partial charge in [-0.2, -0.15) is 0 Å². The van der Waals surface area contributed by atoms with Gasteiger partial charge in [-0.25, -0.2) is 4.79 Å². The fourth-order valence-electron chi connectivity index (χ4n) is 1.66. The molecule has 0 bridgehead atoms. The minimum Gasteiger partial charge on any atom is -0.482 e. The molecule has 110 valence electrons. The number of ether oxygens (including phenoxy) is 1. The Morgan fingerprint density at radius 1 is 1.40 bits per heavy atom. The Hall–Kier alpha value is -2.08. The monoisotopic (exact) mass is 280 g/mol. The zero-order chi connectivity index (χ0) is 15.1. The van der Waals surface area contributed by atoms with E-state index in [-0.39, 0.29) is 5.91 Å². The van der Waals surface area contributed by atoms with Gasteiger partial charge in [0.05, 0.1) is 6.04 Å². The number of carbonyl (C=O) groups is 2. The normalized spacial score (nSPS) is 12.0. The smallest absolute Gasteiger partial charge is 0.341 e. The summed E-state index contributed by atoms with van der Waals surface area (Å²) in [6.45, 7) is 3.56. The van der Waals surface area contributed by atoms with E-state index in [1.165, 1.54) is 0 Å². The van der Waals surface area contributed by atoms with Crippen LogP contribution in [-0.2, 0) is 9.59 Å². The molecule has 1 aromatic rings. The van der Waals surface area contributed by atoms with Crippen molar-refractivity contribution >= 4 is 17.6 Å². The van der Waals surface area contributed by atoms with E-state index in [1.807, 2.05) is 13.8 Å². The first-order valence-electron chi connectivity index (χ1n) is 6.39. The molecular weight excluding hydrogens is 260 g/mol. The fourth-order valence-corrected chi connectivity index (χ4v) is 1.66. The third-order valence-electron chi connectivity index (χ3n) is 2.53.